The highest BCUT2D eigenvalue weighted by molar-refractivity contribution is 7.89. The van der Waals surface area contributed by atoms with Crippen molar-refractivity contribution in [3.63, 3.8) is 0 Å². The minimum absolute atomic E-state index is 0.0204. The molecule has 32 heavy (non-hydrogen) atoms. The fraction of sp³-hybridized carbons (Fsp3) is 0.571. The number of piperidine rings is 1. The number of hydrogen-bond donors (Lipinski definition) is 1. The number of hydrogen-bond acceptors (Lipinski definition) is 8. The van der Waals surface area contributed by atoms with E-state index in [0.29, 0.717) is 12.8 Å². The molecule has 1 aliphatic rings. The zero-order chi connectivity index (χ0) is 24.1. The Hall–Kier alpha value is -2.84. The van der Waals surface area contributed by atoms with Gasteiger partial charge in [0.2, 0.25) is 10.0 Å². The summed E-state index contributed by atoms with van der Waals surface area (Å²) in [6.07, 6.45) is -0.693. The SMILES string of the molecule is COC(=O)[C@@H](C)Oc1cc(S(=O)(=O)N2CCC(NC(=O)OC(C)(C)C)CC2)ccc1C#N. The second-order valence-corrected chi connectivity index (χ2v) is 10.3. The van der Waals surface area contributed by atoms with Crippen molar-refractivity contribution in [3.05, 3.63) is 23.8 Å². The summed E-state index contributed by atoms with van der Waals surface area (Å²) in [5, 5.41) is 12.1. The Balaban J connectivity index is 2.11. The third kappa shape index (κ3) is 6.58. The van der Waals surface area contributed by atoms with Crippen molar-refractivity contribution in [2.45, 2.75) is 63.2 Å². The average molecular weight is 468 g/mol. The van der Waals surface area contributed by atoms with Gasteiger partial charge in [-0.05, 0) is 52.7 Å². The summed E-state index contributed by atoms with van der Waals surface area (Å²) in [4.78, 5) is 23.5. The number of amides is 1. The van der Waals surface area contributed by atoms with Crippen LogP contribution in [0, 0.1) is 11.3 Å². The molecule has 0 aromatic heterocycles. The van der Waals surface area contributed by atoms with E-state index in [1.807, 2.05) is 6.07 Å². The molecule has 1 aromatic carbocycles. The lowest BCUT2D eigenvalue weighted by Crippen LogP contribution is -2.47. The van der Waals surface area contributed by atoms with Crippen LogP contribution in [0.15, 0.2) is 23.1 Å². The molecule has 1 fully saturated rings. The van der Waals surface area contributed by atoms with E-state index in [0.717, 1.165) is 0 Å². The number of nitriles is 1. The number of sulfonamides is 1. The van der Waals surface area contributed by atoms with Crippen molar-refractivity contribution < 1.29 is 32.2 Å². The van der Waals surface area contributed by atoms with E-state index in [2.05, 4.69) is 10.1 Å². The van der Waals surface area contributed by atoms with Crippen molar-refractivity contribution in [3.8, 4) is 11.8 Å². The third-order valence-corrected chi connectivity index (χ3v) is 6.62. The number of nitrogens with zero attached hydrogens (tertiary/aromatic N) is 2. The van der Waals surface area contributed by atoms with E-state index in [9.17, 15) is 23.3 Å². The Morgan fingerprint density at radius 1 is 1.25 bits per heavy atom. The van der Waals surface area contributed by atoms with Crippen molar-refractivity contribution in [2.24, 2.45) is 0 Å². The van der Waals surface area contributed by atoms with Crippen molar-refractivity contribution in [1.29, 1.82) is 5.26 Å². The molecule has 0 aliphatic carbocycles. The average Bonchev–Trinajstić information content (AvgIpc) is 2.72. The maximum atomic E-state index is 13.1. The fourth-order valence-corrected chi connectivity index (χ4v) is 4.61. The Morgan fingerprint density at radius 3 is 2.41 bits per heavy atom. The molecule has 0 bridgehead atoms. The normalized spacial score (nSPS) is 16.5. The van der Waals surface area contributed by atoms with Gasteiger partial charge in [0.1, 0.15) is 17.4 Å². The summed E-state index contributed by atoms with van der Waals surface area (Å²) in [5.74, 6) is -0.672. The van der Waals surface area contributed by atoms with Gasteiger partial charge in [-0.3, -0.25) is 0 Å². The van der Waals surface area contributed by atoms with Crippen molar-refractivity contribution in [2.75, 3.05) is 20.2 Å². The molecule has 1 heterocycles. The van der Waals surface area contributed by atoms with Gasteiger partial charge in [-0.1, -0.05) is 0 Å². The van der Waals surface area contributed by atoms with E-state index in [-0.39, 0.29) is 35.3 Å². The molecular weight excluding hydrogens is 438 g/mol. The lowest BCUT2D eigenvalue weighted by molar-refractivity contribution is -0.147. The highest BCUT2D eigenvalue weighted by atomic mass is 32.2. The minimum Gasteiger partial charge on any atom is -0.478 e. The standard InChI is InChI=1S/C21H29N3O7S/c1-14(19(25)29-5)30-18-12-17(7-6-15(18)13-22)32(27,28)24-10-8-16(9-11-24)23-20(26)31-21(2,3)4/h6-7,12,14,16H,8-11H2,1-5H3,(H,23,26)/t14-/m1/s1. The van der Waals surface area contributed by atoms with Gasteiger partial charge in [0.05, 0.1) is 17.6 Å². The van der Waals surface area contributed by atoms with Crippen molar-refractivity contribution in [1.82, 2.24) is 9.62 Å². The first-order valence-electron chi connectivity index (χ1n) is 10.2. The number of nitrogens with one attached hydrogen (secondary N) is 1. The predicted octanol–water partition coefficient (Wildman–Crippen LogP) is 2.18. The smallest absolute Gasteiger partial charge is 0.407 e. The van der Waals surface area contributed by atoms with Crippen LogP contribution < -0.4 is 10.1 Å². The van der Waals surface area contributed by atoms with E-state index in [1.54, 1.807) is 20.8 Å². The molecule has 0 saturated carbocycles. The first-order chi connectivity index (χ1) is 14.9. The summed E-state index contributed by atoms with van der Waals surface area (Å²) < 4.78 is 42.9. The van der Waals surface area contributed by atoms with E-state index in [4.69, 9.17) is 9.47 Å². The van der Waals surface area contributed by atoms with Gasteiger partial charge in [0.25, 0.3) is 0 Å². The maximum absolute atomic E-state index is 13.1. The molecule has 1 atom stereocenters. The van der Waals surface area contributed by atoms with Gasteiger partial charge in [0.15, 0.2) is 6.10 Å². The zero-order valence-electron chi connectivity index (χ0n) is 18.9. The van der Waals surface area contributed by atoms with Crippen LogP contribution in [-0.4, -0.2) is 62.7 Å². The third-order valence-electron chi connectivity index (χ3n) is 4.72. The molecule has 1 N–H and O–H groups in total. The molecule has 1 aliphatic heterocycles. The molecule has 2 rings (SSSR count). The van der Waals surface area contributed by atoms with Crippen LogP contribution in [0.1, 0.15) is 46.1 Å². The number of rotatable bonds is 6. The summed E-state index contributed by atoms with van der Waals surface area (Å²) in [6, 6.07) is 5.62. The van der Waals surface area contributed by atoms with Crippen LogP contribution >= 0.6 is 0 Å². The number of benzene rings is 1. The molecule has 0 radical (unpaired) electrons. The Morgan fingerprint density at radius 2 is 1.88 bits per heavy atom. The largest absolute Gasteiger partial charge is 0.478 e. The summed E-state index contributed by atoms with van der Waals surface area (Å²) in [7, 11) is -2.66. The molecule has 0 unspecified atom stereocenters. The maximum Gasteiger partial charge on any atom is 0.407 e. The summed E-state index contributed by atoms with van der Waals surface area (Å²) in [6.45, 7) is 7.15. The molecule has 1 aromatic rings. The quantitative estimate of drug-likeness (QED) is 0.629. The summed E-state index contributed by atoms with van der Waals surface area (Å²) in [5.41, 5.74) is -0.519. The van der Waals surface area contributed by atoms with Gasteiger partial charge >= 0.3 is 12.1 Å². The number of esters is 1. The highest BCUT2D eigenvalue weighted by Gasteiger charge is 2.31. The Bertz CT molecular complexity index is 988. The minimum atomic E-state index is -3.87. The Kier molecular flexibility index (Phi) is 8.09. The lowest BCUT2D eigenvalue weighted by atomic mass is 10.1. The van der Waals surface area contributed by atoms with Gasteiger partial charge < -0.3 is 19.5 Å². The van der Waals surface area contributed by atoms with Gasteiger partial charge in [-0.2, -0.15) is 9.57 Å². The Labute approximate surface area is 188 Å². The fourth-order valence-electron chi connectivity index (χ4n) is 3.12. The number of ether oxygens (including phenoxy) is 3. The van der Waals surface area contributed by atoms with Gasteiger partial charge in [-0.15, -0.1) is 0 Å². The van der Waals surface area contributed by atoms with Crippen molar-refractivity contribution >= 4 is 22.1 Å². The molecule has 176 valence electrons. The number of alkyl carbamates (subject to hydrolysis) is 1. The molecule has 11 heteroatoms. The highest BCUT2D eigenvalue weighted by Crippen LogP contribution is 2.27. The second kappa shape index (κ2) is 10.2. The van der Waals surface area contributed by atoms with Crippen LogP contribution in [0.3, 0.4) is 0 Å². The van der Waals surface area contributed by atoms with Crippen LogP contribution in [-0.2, 0) is 24.3 Å². The van der Waals surface area contributed by atoms with Crippen LogP contribution in [0.2, 0.25) is 0 Å². The van der Waals surface area contributed by atoms with Gasteiger partial charge in [-0.25, -0.2) is 18.0 Å². The number of methoxy groups -OCH3 is 1. The first-order valence-corrected chi connectivity index (χ1v) is 11.6. The molecule has 1 amide bonds. The lowest BCUT2D eigenvalue weighted by Gasteiger charge is -2.32. The van der Waals surface area contributed by atoms with Crippen LogP contribution in [0.5, 0.6) is 5.75 Å². The summed E-state index contributed by atoms with van der Waals surface area (Å²) >= 11 is 0. The monoisotopic (exact) mass is 467 g/mol. The van der Waals surface area contributed by atoms with Crippen LogP contribution in [0.4, 0.5) is 4.79 Å². The molecule has 1 saturated heterocycles. The van der Waals surface area contributed by atoms with Gasteiger partial charge in [0, 0.05) is 25.2 Å². The first kappa shape index (κ1) is 25.4. The van der Waals surface area contributed by atoms with Crippen LogP contribution in [0.25, 0.3) is 0 Å². The van der Waals surface area contributed by atoms with E-state index >= 15 is 0 Å². The second-order valence-electron chi connectivity index (χ2n) is 8.38. The number of carbonyl (C=O) groups excluding carboxylic acids is 2. The predicted molar refractivity (Wildman–Crippen MR) is 114 cm³/mol. The molecule has 0 spiro atoms. The number of carbonyl (C=O) groups is 2. The van der Waals surface area contributed by atoms with E-state index < -0.39 is 33.8 Å². The molecular formula is C21H29N3O7S. The van der Waals surface area contributed by atoms with E-state index in [1.165, 1.54) is 36.5 Å². The topological polar surface area (TPSA) is 135 Å². The zero-order valence-corrected chi connectivity index (χ0v) is 19.7. The molecule has 10 nitrogen and oxygen atoms in total.